The maximum absolute atomic E-state index is 12.1. The van der Waals surface area contributed by atoms with Gasteiger partial charge in [0.05, 0.1) is 28.3 Å². The molecular weight excluding hydrogens is 286 g/mol. The molecule has 2 amide bonds. The van der Waals surface area contributed by atoms with Gasteiger partial charge in [-0.25, -0.2) is 4.79 Å². The van der Waals surface area contributed by atoms with Gasteiger partial charge in [-0.2, -0.15) is 0 Å². The van der Waals surface area contributed by atoms with Gasteiger partial charge in [0.1, 0.15) is 0 Å². The molecule has 1 aromatic carbocycles. The highest BCUT2D eigenvalue weighted by Gasteiger charge is 2.25. The number of anilines is 1. The monoisotopic (exact) mass is 307 g/mol. The van der Waals surface area contributed by atoms with Crippen molar-refractivity contribution in [1.29, 1.82) is 0 Å². The average molecular weight is 307 g/mol. The molecule has 3 N–H and O–H groups in total. The lowest BCUT2D eigenvalue weighted by molar-refractivity contribution is -0.385. The van der Waals surface area contributed by atoms with Crippen LogP contribution in [0.25, 0.3) is 0 Å². The quantitative estimate of drug-likeness (QED) is 0.589. The van der Waals surface area contributed by atoms with E-state index in [0.29, 0.717) is 17.7 Å². The number of aliphatic hydroxyl groups excluding tert-OH is 1. The molecular formula is C15H21N3O4. The number of aryl methyl sites for hydroxylation is 1. The molecule has 1 aliphatic rings. The maximum Gasteiger partial charge on any atom is 0.319 e. The van der Waals surface area contributed by atoms with Gasteiger partial charge in [0.15, 0.2) is 0 Å². The van der Waals surface area contributed by atoms with Crippen LogP contribution in [0.1, 0.15) is 36.8 Å². The Kier molecular flexibility index (Phi) is 4.97. The van der Waals surface area contributed by atoms with E-state index >= 15 is 0 Å². The summed E-state index contributed by atoms with van der Waals surface area (Å²) in [6.45, 7) is 3.39. The van der Waals surface area contributed by atoms with E-state index in [1.54, 1.807) is 19.9 Å². The molecule has 0 radical (unpaired) electrons. The second-order valence-corrected chi connectivity index (χ2v) is 5.72. The highest BCUT2D eigenvalue weighted by Crippen LogP contribution is 2.28. The summed E-state index contributed by atoms with van der Waals surface area (Å²) in [4.78, 5) is 22.6. The van der Waals surface area contributed by atoms with Crippen molar-refractivity contribution in [2.24, 2.45) is 0 Å². The Labute approximate surface area is 128 Å². The molecule has 2 unspecified atom stereocenters. The molecule has 0 heterocycles. The van der Waals surface area contributed by atoms with E-state index in [-0.39, 0.29) is 11.7 Å². The highest BCUT2D eigenvalue weighted by molar-refractivity contribution is 5.92. The largest absolute Gasteiger partial charge is 0.391 e. The molecule has 1 saturated carbocycles. The SMILES string of the molecule is Cc1ccc([N+](=O)[O-])c(C)c1NC(=O)NC1CCCCC1O. The summed E-state index contributed by atoms with van der Waals surface area (Å²) in [5.41, 5.74) is 1.59. The van der Waals surface area contributed by atoms with E-state index in [4.69, 9.17) is 0 Å². The van der Waals surface area contributed by atoms with Crippen LogP contribution in [-0.4, -0.2) is 28.2 Å². The van der Waals surface area contributed by atoms with Crippen molar-refractivity contribution in [1.82, 2.24) is 5.32 Å². The van der Waals surface area contributed by atoms with E-state index in [2.05, 4.69) is 10.6 Å². The van der Waals surface area contributed by atoms with Crippen molar-refractivity contribution >= 4 is 17.4 Å². The van der Waals surface area contributed by atoms with Crippen LogP contribution >= 0.6 is 0 Å². The molecule has 0 spiro atoms. The van der Waals surface area contributed by atoms with Crippen LogP contribution in [0.4, 0.5) is 16.2 Å². The minimum Gasteiger partial charge on any atom is -0.391 e. The van der Waals surface area contributed by atoms with Gasteiger partial charge in [0.2, 0.25) is 0 Å². The first-order valence-corrected chi connectivity index (χ1v) is 7.40. The predicted octanol–water partition coefficient (Wildman–Crippen LogP) is 2.64. The van der Waals surface area contributed by atoms with Crippen LogP contribution in [0.5, 0.6) is 0 Å². The average Bonchev–Trinajstić information content (AvgIpc) is 2.45. The van der Waals surface area contributed by atoms with Crippen molar-refractivity contribution in [2.45, 2.75) is 51.7 Å². The number of hydrogen-bond donors (Lipinski definition) is 3. The fourth-order valence-corrected chi connectivity index (χ4v) is 2.82. The number of hydrogen-bond acceptors (Lipinski definition) is 4. The summed E-state index contributed by atoms with van der Waals surface area (Å²) < 4.78 is 0. The van der Waals surface area contributed by atoms with Gasteiger partial charge in [0.25, 0.3) is 5.69 Å². The van der Waals surface area contributed by atoms with Crippen LogP contribution in [0.3, 0.4) is 0 Å². The first kappa shape index (κ1) is 16.2. The third-order valence-electron chi connectivity index (χ3n) is 4.13. The number of nitrogens with zero attached hydrogens (tertiary/aromatic N) is 1. The minimum absolute atomic E-state index is 0.0291. The number of benzene rings is 1. The summed E-state index contributed by atoms with van der Waals surface area (Å²) in [5, 5.41) is 26.3. The molecule has 0 bridgehead atoms. The molecule has 7 heteroatoms. The summed E-state index contributed by atoms with van der Waals surface area (Å²) in [6, 6.07) is 2.32. The van der Waals surface area contributed by atoms with Gasteiger partial charge in [-0.1, -0.05) is 18.9 Å². The number of urea groups is 1. The van der Waals surface area contributed by atoms with Crippen LogP contribution < -0.4 is 10.6 Å². The topological polar surface area (TPSA) is 105 Å². The Morgan fingerprint density at radius 3 is 2.64 bits per heavy atom. The van der Waals surface area contributed by atoms with Crippen LogP contribution in [0, 0.1) is 24.0 Å². The van der Waals surface area contributed by atoms with E-state index in [9.17, 15) is 20.0 Å². The second-order valence-electron chi connectivity index (χ2n) is 5.72. The lowest BCUT2D eigenvalue weighted by Crippen LogP contribution is -2.46. The Hall–Kier alpha value is -2.15. The smallest absolute Gasteiger partial charge is 0.319 e. The van der Waals surface area contributed by atoms with Crippen molar-refractivity contribution in [2.75, 3.05) is 5.32 Å². The minimum atomic E-state index is -0.535. The molecule has 1 aromatic rings. The zero-order valence-corrected chi connectivity index (χ0v) is 12.8. The van der Waals surface area contributed by atoms with Gasteiger partial charge >= 0.3 is 6.03 Å². The Morgan fingerprint density at radius 2 is 2.00 bits per heavy atom. The van der Waals surface area contributed by atoms with E-state index in [1.165, 1.54) is 6.07 Å². The zero-order valence-electron chi connectivity index (χ0n) is 12.8. The molecule has 22 heavy (non-hydrogen) atoms. The fourth-order valence-electron chi connectivity index (χ4n) is 2.82. The van der Waals surface area contributed by atoms with Crippen LogP contribution in [0.2, 0.25) is 0 Å². The summed E-state index contributed by atoms with van der Waals surface area (Å²) >= 11 is 0. The standard InChI is InChI=1S/C15H21N3O4/c1-9-7-8-12(18(21)22)10(2)14(9)17-15(20)16-11-5-3-4-6-13(11)19/h7-8,11,13,19H,3-6H2,1-2H3,(H2,16,17,20). The number of carbonyl (C=O) groups excluding carboxylic acids is 1. The summed E-state index contributed by atoms with van der Waals surface area (Å²) in [5.74, 6) is 0. The third-order valence-corrected chi connectivity index (χ3v) is 4.13. The molecule has 2 rings (SSSR count). The number of nitro groups is 1. The van der Waals surface area contributed by atoms with Crippen molar-refractivity contribution in [3.05, 3.63) is 33.4 Å². The lowest BCUT2D eigenvalue weighted by Gasteiger charge is -2.28. The van der Waals surface area contributed by atoms with Crippen LogP contribution in [-0.2, 0) is 0 Å². The number of rotatable bonds is 3. The highest BCUT2D eigenvalue weighted by atomic mass is 16.6. The third kappa shape index (κ3) is 3.54. The van der Waals surface area contributed by atoms with E-state index in [1.807, 2.05) is 0 Å². The van der Waals surface area contributed by atoms with Gasteiger partial charge in [0, 0.05) is 6.07 Å². The van der Waals surface area contributed by atoms with Gasteiger partial charge in [-0.05, 0) is 32.3 Å². The first-order valence-electron chi connectivity index (χ1n) is 7.40. The fraction of sp³-hybridized carbons (Fsp3) is 0.533. The zero-order chi connectivity index (χ0) is 16.3. The molecule has 120 valence electrons. The predicted molar refractivity (Wildman–Crippen MR) is 83.0 cm³/mol. The number of amides is 2. The molecule has 0 saturated heterocycles. The van der Waals surface area contributed by atoms with Crippen molar-refractivity contribution in [3.63, 3.8) is 0 Å². The van der Waals surface area contributed by atoms with E-state index < -0.39 is 17.1 Å². The van der Waals surface area contributed by atoms with Gasteiger partial charge < -0.3 is 15.7 Å². The van der Waals surface area contributed by atoms with Gasteiger partial charge in [-0.15, -0.1) is 0 Å². The van der Waals surface area contributed by atoms with Crippen molar-refractivity contribution < 1.29 is 14.8 Å². The normalized spacial score (nSPS) is 21.2. The molecule has 0 aromatic heterocycles. The number of nitrogens with one attached hydrogen (secondary N) is 2. The Bertz CT molecular complexity index is 588. The van der Waals surface area contributed by atoms with E-state index in [0.717, 1.165) is 24.8 Å². The molecule has 2 atom stereocenters. The summed E-state index contributed by atoms with van der Waals surface area (Å²) in [7, 11) is 0. The molecule has 1 aliphatic carbocycles. The molecule has 7 nitrogen and oxygen atoms in total. The first-order chi connectivity index (χ1) is 10.4. The number of nitro benzene ring substituents is 1. The Morgan fingerprint density at radius 1 is 1.32 bits per heavy atom. The number of aliphatic hydroxyl groups is 1. The van der Waals surface area contributed by atoms with Crippen LogP contribution in [0.15, 0.2) is 12.1 Å². The summed E-state index contributed by atoms with van der Waals surface area (Å²) in [6.07, 6.45) is 2.81. The number of carbonyl (C=O) groups is 1. The second kappa shape index (κ2) is 6.74. The maximum atomic E-state index is 12.1. The molecule has 1 fully saturated rings. The van der Waals surface area contributed by atoms with Gasteiger partial charge in [-0.3, -0.25) is 10.1 Å². The molecule has 0 aliphatic heterocycles. The Balaban J connectivity index is 2.11. The lowest BCUT2D eigenvalue weighted by atomic mass is 9.93. The van der Waals surface area contributed by atoms with Crippen molar-refractivity contribution in [3.8, 4) is 0 Å².